The van der Waals surface area contributed by atoms with E-state index < -0.39 is 0 Å². The van der Waals surface area contributed by atoms with Crippen molar-refractivity contribution in [3.8, 4) is 33.8 Å². The highest BCUT2D eigenvalue weighted by Gasteiger charge is 2.15. The first-order valence-corrected chi connectivity index (χ1v) is 7.02. The minimum absolute atomic E-state index is 0.190. The van der Waals surface area contributed by atoms with Crippen molar-refractivity contribution < 1.29 is 10.2 Å². The van der Waals surface area contributed by atoms with Gasteiger partial charge in [0, 0.05) is 21.6 Å². The number of phenols is 2. The third-order valence-electron chi connectivity index (χ3n) is 3.41. The average Bonchev–Trinajstić information content (AvgIpc) is 2.49. The maximum Gasteiger partial charge on any atom is 0.123 e. The number of hydrogen-bond acceptors (Lipinski definition) is 3. The number of rotatable bonds is 2. The van der Waals surface area contributed by atoms with Gasteiger partial charge in [-0.15, -0.1) is 12.6 Å². The fourth-order valence-corrected chi connectivity index (χ4v) is 2.76. The number of benzene rings is 3. The Morgan fingerprint density at radius 3 is 1.71 bits per heavy atom. The molecule has 0 atom stereocenters. The summed E-state index contributed by atoms with van der Waals surface area (Å²) in [5.41, 5.74) is 3.05. The lowest BCUT2D eigenvalue weighted by molar-refractivity contribution is 0.476. The van der Waals surface area contributed by atoms with Gasteiger partial charge in [-0.2, -0.15) is 0 Å². The van der Waals surface area contributed by atoms with Crippen LogP contribution in [0.1, 0.15) is 0 Å². The van der Waals surface area contributed by atoms with E-state index in [1.807, 2.05) is 42.5 Å². The molecule has 0 saturated heterocycles. The van der Waals surface area contributed by atoms with Crippen LogP contribution in [0.15, 0.2) is 71.6 Å². The first-order chi connectivity index (χ1) is 10.2. The summed E-state index contributed by atoms with van der Waals surface area (Å²) in [5.74, 6) is 0.392. The molecule has 3 rings (SSSR count). The normalized spacial score (nSPS) is 10.5. The molecule has 3 aromatic carbocycles. The molecule has 0 amide bonds. The third-order valence-corrected chi connectivity index (χ3v) is 3.78. The summed E-state index contributed by atoms with van der Waals surface area (Å²) in [5, 5.41) is 20.2. The first kappa shape index (κ1) is 13.6. The third kappa shape index (κ3) is 2.48. The zero-order valence-corrected chi connectivity index (χ0v) is 12.1. The molecule has 0 aliphatic carbocycles. The van der Waals surface area contributed by atoms with Crippen molar-refractivity contribution in [2.45, 2.75) is 4.90 Å². The van der Waals surface area contributed by atoms with E-state index in [2.05, 4.69) is 12.6 Å². The number of phenolic OH excluding ortho intramolecular Hbond substituents is 2. The highest BCUT2D eigenvalue weighted by molar-refractivity contribution is 7.80. The Morgan fingerprint density at radius 2 is 1.10 bits per heavy atom. The van der Waals surface area contributed by atoms with Gasteiger partial charge < -0.3 is 10.2 Å². The first-order valence-electron chi connectivity index (χ1n) is 6.57. The van der Waals surface area contributed by atoms with Crippen LogP contribution >= 0.6 is 12.6 Å². The molecule has 3 heteroatoms. The topological polar surface area (TPSA) is 40.5 Å². The molecule has 0 saturated carbocycles. The molecule has 0 heterocycles. The number of aromatic hydroxyl groups is 2. The van der Waals surface area contributed by atoms with Gasteiger partial charge in [0.2, 0.25) is 0 Å². The van der Waals surface area contributed by atoms with E-state index in [0.29, 0.717) is 11.1 Å². The fraction of sp³-hybridized carbons (Fsp3) is 0. The molecular weight excluding hydrogens is 280 g/mol. The van der Waals surface area contributed by atoms with Crippen molar-refractivity contribution in [1.82, 2.24) is 0 Å². The van der Waals surface area contributed by atoms with E-state index in [1.165, 1.54) is 0 Å². The van der Waals surface area contributed by atoms with Gasteiger partial charge in [0.15, 0.2) is 0 Å². The van der Waals surface area contributed by atoms with Crippen molar-refractivity contribution in [2.75, 3.05) is 0 Å². The van der Waals surface area contributed by atoms with Gasteiger partial charge in [0.1, 0.15) is 11.5 Å². The molecule has 2 N–H and O–H groups in total. The summed E-state index contributed by atoms with van der Waals surface area (Å²) in [7, 11) is 0. The number of para-hydroxylation sites is 2. The molecule has 0 radical (unpaired) electrons. The fourth-order valence-electron chi connectivity index (χ4n) is 2.43. The Kier molecular flexibility index (Phi) is 3.59. The van der Waals surface area contributed by atoms with Crippen LogP contribution in [0.2, 0.25) is 0 Å². The standard InChI is InChI=1S/C18H14O2S/c19-15-9-3-1-6-12(15)13-8-5-11-17(21)18(13)14-7-2-4-10-16(14)20/h1-11,19-21H. The molecule has 0 bridgehead atoms. The summed E-state index contributed by atoms with van der Waals surface area (Å²) in [4.78, 5) is 0.747. The lowest BCUT2D eigenvalue weighted by atomic mass is 9.93. The maximum absolute atomic E-state index is 10.1. The van der Waals surface area contributed by atoms with Crippen LogP contribution in [0.3, 0.4) is 0 Å². The lowest BCUT2D eigenvalue weighted by Crippen LogP contribution is -1.88. The molecule has 104 valence electrons. The minimum Gasteiger partial charge on any atom is -0.507 e. The van der Waals surface area contributed by atoms with Crippen LogP contribution in [0.25, 0.3) is 22.3 Å². The van der Waals surface area contributed by atoms with Crippen LogP contribution in [0.5, 0.6) is 11.5 Å². The predicted molar refractivity (Wildman–Crippen MR) is 87.9 cm³/mol. The summed E-state index contributed by atoms with van der Waals surface area (Å²) < 4.78 is 0. The van der Waals surface area contributed by atoms with Gasteiger partial charge in [-0.1, -0.05) is 48.5 Å². The molecule has 0 unspecified atom stereocenters. The Balaban J connectivity index is 2.32. The van der Waals surface area contributed by atoms with Crippen LogP contribution < -0.4 is 0 Å². The van der Waals surface area contributed by atoms with Gasteiger partial charge in [-0.3, -0.25) is 0 Å². The molecule has 0 aliphatic rings. The average molecular weight is 294 g/mol. The number of thiol groups is 1. The quantitative estimate of drug-likeness (QED) is 0.598. The van der Waals surface area contributed by atoms with Crippen LogP contribution in [0.4, 0.5) is 0 Å². The second-order valence-corrected chi connectivity index (χ2v) is 5.22. The van der Waals surface area contributed by atoms with Crippen molar-refractivity contribution in [3.63, 3.8) is 0 Å². The molecule has 0 aliphatic heterocycles. The van der Waals surface area contributed by atoms with E-state index in [9.17, 15) is 10.2 Å². The smallest absolute Gasteiger partial charge is 0.123 e. The van der Waals surface area contributed by atoms with Crippen LogP contribution in [-0.2, 0) is 0 Å². The van der Waals surface area contributed by atoms with E-state index in [0.717, 1.165) is 16.0 Å². The van der Waals surface area contributed by atoms with Crippen molar-refractivity contribution >= 4 is 12.6 Å². The number of hydrogen-bond donors (Lipinski definition) is 3. The highest BCUT2D eigenvalue weighted by atomic mass is 32.1. The largest absolute Gasteiger partial charge is 0.507 e. The monoisotopic (exact) mass is 294 g/mol. The van der Waals surface area contributed by atoms with Gasteiger partial charge in [-0.25, -0.2) is 0 Å². The van der Waals surface area contributed by atoms with E-state index in [-0.39, 0.29) is 11.5 Å². The zero-order chi connectivity index (χ0) is 14.8. The Hall–Kier alpha value is -2.39. The van der Waals surface area contributed by atoms with Gasteiger partial charge >= 0.3 is 0 Å². The summed E-state index contributed by atoms with van der Waals surface area (Å²) >= 11 is 4.52. The second-order valence-electron chi connectivity index (χ2n) is 4.73. The lowest BCUT2D eigenvalue weighted by Gasteiger charge is -2.14. The summed E-state index contributed by atoms with van der Waals surface area (Å²) in [6.07, 6.45) is 0. The summed E-state index contributed by atoms with van der Waals surface area (Å²) in [6.45, 7) is 0. The van der Waals surface area contributed by atoms with Gasteiger partial charge in [-0.05, 0) is 23.8 Å². The molecule has 21 heavy (non-hydrogen) atoms. The van der Waals surface area contributed by atoms with Gasteiger partial charge in [0.05, 0.1) is 0 Å². The van der Waals surface area contributed by atoms with Crippen LogP contribution in [0, 0.1) is 0 Å². The van der Waals surface area contributed by atoms with E-state index in [4.69, 9.17) is 0 Å². The van der Waals surface area contributed by atoms with Crippen molar-refractivity contribution in [2.24, 2.45) is 0 Å². The van der Waals surface area contributed by atoms with E-state index in [1.54, 1.807) is 24.3 Å². The molecule has 0 aromatic heterocycles. The SMILES string of the molecule is Oc1ccccc1-c1cccc(S)c1-c1ccccc1O. The minimum atomic E-state index is 0.190. The van der Waals surface area contributed by atoms with Crippen LogP contribution in [-0.4, -0.2) is 10.2 Å². The molecule has 2 nitrogen and oxygen atoms in total. The second kappa shape index (κ2) is 5.54. The van der Waals surface area contributed by atoms with Gasteiger partial charge in [0.25, 0.3) is 0 Å². The Labute approximate surface area is 128 Å². The Bertz CT molecular complexity index is 797. The van der Waals surface area contributed by atoms with Crippen molar-refractivity contribution in [1.29, 1.82) is 0 Å². The van der Waals surface area contributed by atoms with Crippen molar-refractivity contribution in [3.05, 3.63) is 66.7 Å². The zero-order valence-electron chi connectivity index (χ0n) is 11.2. The molecule has 3 aromatic rings. The molecular formula is C18H14O2S. The molecule has 0 fully saturated rings. The van der Waals surface area contributed by atoms with E-state index >= 15 is 0 Å². The highest BCUT2D eigenvalue weighted by Crippen LogP contribution is 2.42. The molecule has 0 spiro atoms. The maximum atomic E-state index is 10.1. The summed E-state index contributed by atoms with van der Waals surface area (Å²) in [6, 6.07) is 19.9. The predicted octanol–water partition coefficient (Wildman–Crippen LogP) is 4.72. The Morgan fingerprint density at radius 1 is 0.571 bits per heavy atom.